The van der Waals surface area contributed by atoms with Crippen LogP contribution in [0.1, 0.15) is 68.9 Å². The first-order chi connectivity index (χ1) is 16.3. The molecule has 0 bridgehead atoms. The van der Waals surface area contributed by atoms with Gasteiger partial charge < -0.3 is 20.4 Å². The van der Waals surface area contributed by atoms with Crippen LogP contribution >= 0.6 is 0 Å². The summed E-state index contributed by atoms with van der Waals surface area (Å²) >= 11 is 0. The van der Waals surface area contributed by atoms with E-state index in [1.165, 1.54) is 0 Å². The molecule has 4 N–H and O–H groups in total. The Labute approximate surface area is 200 Å². The van der Waals surface area contributed by atoms with Crippen molar-refractivity contribution >= 4 is 11.9 Å². The van der Waals surface area contributed by atoms with Crippen LogP contribution in [0.4, 0.5) is 0 Å². The van der Waals surface area contributed by atoms with Gasteiger partial charge in [0.25, 0.3) is 0 Å². The molecular weight excluding hydrogens is 432 g/mol. The molecule has 0 aliphatic heterocycles. The Morgan fingerprint density at radius 1 is 0.706 bits per heavy atom. The Balaban J connectivity index is 0.000000191. The first-order valence-corrected chi connectivity index (χ1v) is 12.0. The smallest absolute Gasteiger partial charge is 0.344 e. The Morgan fingerprint density at radius 3 is 1.74 bits per heavy atom. The molecule has 0 aromatic heterocycles. The van der Waals surface area contributed by atoms with Crippen LogP contribution in [0.2, 0.25) is 0 Å². The second-order valence-corrected chi connectivity index (χ2v) is 9.13. The molecule has 2 unspecified atom stereocenters. The van der Waals surface area contributed by atoms with Crippen molar-refractivity contribution in [3.05, 3.63) is 83.4 Å². The van der Waals surface area contributed by atoms with E-state index >= 15 is 0 Å². The lowest BCUT2D eigenvalue weighted by atomic mass is 9.73. The maximum atomic E-state index is 11.5. The van der Waals surface area contributed by atoms with E-state index in [-0.39, 0.29) is 5.92 Å². The topological polar surface area (TPSA) is 115 Å². The van der Waals surface area contributed by atoms with Crippen molar-refractivity contribution in [1.29, 1.82) is 0 Å². The first kappa shape index (κ1) is 25.7. The summed E-state index contributed by atoms with van der Waals surface area (Å²) in [5.74, 6) is -2.50. The van der Waals surface area contributed by atoms with Crippen LogP contribution in [0.15, 0.2) is 72.3 Å². The van der Waals surface area contributed by atoms with Crippen molar-refractivity contribution in [3.8, 4) is 0 Å². The number of aliphatic carboxylic acids is 2. The van der Waals surface area contributed by atoms with E-state index in [4.69, 9.17) is 0 Å². The van der Waals surface area contributed by atoms with Crippen molar-refractivity contribution in [3.63, 3.8) is 0 Å². The number of rotatable bonds is 6. The summed E-state index contributed by atoms with van der Waals surface area (Å²) in [4.78, 5) is 22.9. The summed E-state index contributed by atoms with van der Waals surface area (Å²) < 4.78 is 0. The predicted molar refractivity (Wildman–Crippen MR) is 129 cm³/mol. The summed E-state index contributed by atoms with van der Waals surface area (Å²) in [5.41, 5.74) is -2.04. The highest BCUT2D eigenvalue weighted by Gasteiger charge is 2.45. The molecule has 6 heteroatoms. The summed E-state index contributed by atoms with van der Waals surface area (Å²) in [7, 11) is 0. The zero-order valence-corrected chi connectivity index (χ0v) is 19.4. The van der Waals surface area contributed by atoms with Crippen molar-refractivity contribution in [2.24, 2.45) is 5.92 Å². The van der Waals surface area contributed by atoms with E-state index < -0.39 is 23.1 Å². The maximum absolute atomic E-state index is 11.5. The van der Waals surface area contributed by atoms with E-state index in [1.807, 2.05) is 12.1 Å². The third-order valence-electron chi connectivity index (χ3n) is 6.99. The van der Waals surface area contributed by atoms with Gasteiger partial charge in [-0.2, -0.15) is 0 Å². The summed E-state index contributed by atoms with van der Waals surface area (Å²) in [6.45, 7) is 0. The van der Waals surface area contributed by atoms with Gasteiger partial charge in [-0.1, -0.05) is 86.0 Å². The van der Waals surface area contributed by atoms with Gasteiger partial charge in [-0.05, 0) is 55.2 Å². The van der Waals surface area contributed by atoms with Crippen molar-refractivity contribution in [2.45, 2.75) is 69.0 Å². The Bertz CT molecular complexity index is 980. The van der Waals surface area contributed by atoms with E-state index in [1.54, 1.807) is 54.6 Å². The molecule has 2 aromatic rings. The molecule has 2 aromatic carbocycles. The second kappa shape index (κ2) is 11.4. The number of allylic oxidation sites excluding steroid dienone is 1. The number of aliphatic hydroxyl groups is 2. The van der Waals surface area contributed by atoms with Crippen LogP contribution in [0.3, 0.4) is 0 Å². The van der Waals surface area contributed by atoms with Gasteiger partial charge in [0.1, 0.15) is 0 Å². The molecule has 6 nitrogen and oxygen atoms in total. The molecule has 0 amide bonds. The minimum atomic E-state index is -1.86. The number of hydrogen-bond donors (Lipinski definition) is 4. The summed E-state index contributed by atoms with van der Waals surface area (Å²) in [6, 6.07) is 17.4. The first-order valence-electron chi connectivity index (χ1n) is 12.0. The van der Waals surface area contributed by atoms with Gasteiger partial charge in [0.15, 0.2) is 5.60 Å². The van der Waals surface area contributed by atoms with Crippen molar-refractivity contribution < 1.29 is 30.0 Å². The number of hydrogen-bond acceptors (Lipinski definition) is 4. The maximum Gasteiger partial charge on any atom is 0.344 e. The lowest BCUT2D eigenvalue weighted by Crippen LogP contribution is -2.43. The predicted octanol–water partition coefficient (Wildman–Crippen LogP) is 5.00. The molecule has 2 aliphatic carbocycles. The molecule has 34 heavy (non-hydrogen) atoms. The van der Waals surface area contributed by atoms with E-state index in [9.17, 15) is 30.0 Å². The third-order valence-corrected chi connectivity index (χ3v) is 6.99. The van der Waals surface area contributed by atoms with Gasteiger partial charge in [0.05, 0.1) is 0 Å². The average Bonchev–Trinajstić information content (AvgIpc) is 2.90. The third kappa shape index (κ3) is 5.40. The quantitative estimate of drug-likeness (QED) is 0.446. The van der Waals surface area contributed by atoms with Crippen LogP contribution in [-0.2, 0) is 20.8 Å². The minimum absolute atomic E-state index is 0.170. The molecule has 0 saturated heterocycles. The minimum Gasteiger partial charge on any atom is -0.479 e. The lowest BCUT2D eigenvalue weighted by Gasteiger charge is -2.35. The molecular formula is C28H34O6. The van der Waals surface area contributed by atoms with Crippen LogP contribution < -0.4 is 0 Å². The highest BCUT2D eigenvalue weighted by molar-refractivity contribution is 5.83. The Morgan fingerprint density at radius 2 is 1.26 bits per heavy atom. The van der Waals surface area contributed by atoms with Crippen LogP contribution in [-0.4, -0.2) is 32.4 Å². The Kier molecular flexibility index (Phi) is 8.64. The van der Waals surface area contributed by atoms with Crippen molar-refractivity contribution in [2.75, 3.05) is 0 Å². The average molecular weight is 467 g/mol. The highest BCUT2D eigenvalue weighted by atomic mass is 16.4. The molecule has 0 heterocycles. The van der Waals surface area contributed by atoms with Crippen LogP contribution in [0.25, 0.3) is 0 Å². The molecule has 2 atom stereocenters. The zero-order chi connectivity index (χ0) is 24.6. The lowest BCUT2D eigenvalue weighted by molar-refractivity contribution is -0.168. The van der Waals surface area contributed by atoms with Crippen molar-refractivity contribution in [1.82, 2.24) is 0 Å². The summed E-state index contributed by atoms with van der Waals surface area (Å²) in [5, 5.41) is 39.8. The number of carboxylic acid groups (broad SMARTS) is 2. The van der Waals surface area contributed by atoms with Crippen LogP contribution in [0.5, 0.6) is 0 Å². The SMILES string of the molecule is O=C(O)C(O)(C1=CCCCC1)c1ccccc1.O=C(O)C(O)(c1ccccc1)C1CCCCC1. The van der Waals surface area contributed by atoms with Gasteiger partial charge >= 0.3 is 11.9 Å². The largest absolute Gasteiger partial charge is 0.479 e. The normalized spacial score (nSPS) is 20.0. The molecule has 2 aliphatic rings. The van der Waals surface area contributed by atoms with E-state index in [0.717, 1.165) is 51.4 Å². The fraction of sp³-hybridized carbons (Fsp3) is 0.429. The number of carboxylic acids is 2. The Hall–Kier alpha value is -2.96. The second-order valence-electron chi connectivity index (χ2n) is 9.13. The van der Waals surface area contributed by atoms with Gasteiger partial charge in [0, 0.05) is 5.92 Å². The highest BCUT2D eigenvalue weighted by Crippen LogP contribution is 2.39. The fourth-order valence-corrected chi connectivity index (χ4v) is 5.04. The van der Waals surface area contributed by atoms with Gasteiger partial charge in [-0.3, -0.25) is 0 Å². The number of carbonyl (C=O) groups is 2. The van der Waals surface area contributed by atoms with E-state index in [0.29, 0.717) is 23.1 Å². The monoisotopic (exact) mass is 466 g/mol. The molecule has 1 fully saturated rings. The molecule has 1 saturated carbocycles. The zero-order valence-electron chi connectivity index (χ0n) is 19.4. The number of benzene rings is 2. The van der Waals surface area contributed by atoms with Gasteiger partial charge in [-0.25, -0.2) is 9.59 Å². The van der Waals surface area contributed by atoms with Gasteiger partial charge in [-0.15, -0.1) is 0 Å². The molecule has 4 rings (SSSR count). The molecule has 182 valence electrons. The summed E-state index contributed by atoms with van der Waals surface area (Å²) in [6.07, 6.45) is 10.1. The fourth-order valence-electron chi connectivity index (χ4n) is 5.04. The standard InChI is InChI=1S/C14H18O3.C14H16O3/c2*15-13(16)14(17,11-7-3-1-4-8-11)12-9-5-2-6-10-12/h1,3-4,7-8,12,17H,2,5-6,9-10H2,(H,15,16);1,3-4,7-9,17H,2,5-6,10H2,(H,15,16). The van der Waals surface area contributed by atoms with E-state index in [2.05, 4.69) is 0 Å². The van der Waals surface area contributed by atoms with Gasteiger partial charge in [0.2, 0.25) is 5.60 Å². The molecule has 0 spiro atoms. The molecule has 0 radical (unpaired) electrons. The van der Waals surface area contributed by atoms with Crippen LogP contribution in [0, 0.1) is 5.92 Å².